The lowest BCUT2D eigenvalue weighted by Crippen LogP contribution is -2.51. The predicted molar refractivity (Wildman–Crippen MR) is 142 cm³/mol. The summed E-state index contributed by atoms with van der Waals surface area (Å²) in [6.07, 6.45) is 6.72. The molecular formula is C29H42N2O5S. The molecule has 2 aliphatic heterocycles. The fourth-order valence-corrected chi connectivity index (χ4v) is 9.05. The topological polar surface area (TPSA) is 96.7 Å². The van der Waals surface area contributed by atoms with Gasteiger partial charge in [0.15, 0.2) is 0 Å². The second-order valence-corrected chi connectivity index (χ2v) is 13.7. The molecule has 0 aromatic heterocycles. The smallest absolute Gasteiger partial charge is 0.323 e. The Morgan fingerprint density at radius 1 is 1.11 bits per heavy atom. The normalized spacial score (nSPS) is 22.5. The number of hydrogen-bond donors (Lipinski definition) is 0. The number of carbonyl (C=O) groups excluding carboxylic acids is 1. The van der Waals surface area contributed by atoms with Crippen LogP contribution < -0.4 is 4.74 Å². The molecule has 0 spiro atoms. The second-order valence-electron chi connectivity index (χ2n) is 11.8. The van der Waals surface area contributed by atoms with E-state index in [-0.39, 0.29) is 18.1 Å². The molecule has 1 unspecified atom stereocenters. The van der Waals surface area contributed by atoms with Crippen molar-refractivity contribution in [2.24, 2.45) is 17.3 Å². The van der Waals surface area contributed by atoms with E-state index in [2.05, 4.69) is 19.9 Å². The number of nitrogens with zero attached hydrogens (tertiary/aromatic N) is 2. The van der Waals surface area contributed by atoms with Crippen molar-refractivity contribution in [3.8, 4) is 11.8 Å². The Hall–Kier alpha value is -2.11. The quantitative estimate of drug-likeness (QED) is 0.458. The Balaban J connectivity index is 1.67. The molecule has 8 heteroatoms. The third-order valence-electron chi connectivity index (χ3n) is 9.31. The Morgan fingerprint density at radius 3 is 2.30 bits per heavy atom. The average Bonchev–Trinajstić information content (AvgIpc) is 3.39. The molecule has 1 aromatic carbocycles. The number of carbonyl (C=O) groups is 1. The van der Waals surface area contributed by atoms with E-state index in [1.807, 2.05) is 20.8 Å². The van der Waals surface area contributed by atoms with Gasteiger partial charge in [-0.25, -0.2) is 8.42 Å². The van der Waals surface area contributed by atoms with Crippen LogP contribution in [0.3, 0.4) is 0 Å². The molecule has 0 bridgehead atoms. The van der Waals surface area contributed by atoms with Gasteiger partial charge in [-0.2, -0.15) is 9.57 Å². The molecule has 37 heavy (non-hydrogen) atoms. The van der Waals surface area contributed by atoms with Gasteiger partial charge in [-0.3, -0.25) is 4.79 Å². The van der Waals surface area contributed by atoms with E-state index in [4.69, 9.17) is 9.47 Å². The molecular weight excluding hydrogens is 488 g/mol. The van der Waals surface area contributed by atoms with E-state index in [9.17, 15) is 18.5 Å². The molecule has 1 aromatic rings. The Morgan fingerprint density at radius 2 is 1.73 bits per heavy atom. The van der Waals surface area contributed by atoms with Crippen molar-refractivity contribution in [3.05, 3.63) is 22.3 Å². The lowest BCUT2D eigenvalue weighted by Gasteiger charge is -2.47. The highest BCUT2D eigenvalue weighted by atomic mass is 32.2. The molecule has 1 saturated carbocycles. The number of nitriles is 1. The molecule has 2 fully saturated rings. The number of sulfonamides is 1. The molecule has 4 rings (SSSR count). The van der Waals surface area contributed by atoms with Crippen molar-refractivity contribution in [1.82, 2.24) is 4.31 Å². The Bertz CT molecular complexity index is 1200. The molecule has 2 heterocycles. The van der Waals surface area contributed by atoms with Crippen LogP contribution >= 0.6 is 0 Å². The van der Waals surface area contributed by atoms with Crippen molar-refractivity contribution in [1.29, 1.82) is 5.26 Å². The first-order chi connectivity index (χ1) is 17.4. The van der Waals surface area contributed by atoms with Crippen molar-refractivity contribution >= 4 is 16.0 Å². The van der Waals surface area contributed by atoms with Crippen LogP contribution in [0.25, 0.3) is 0 Å². The summed E-state index contributed by atoms with van der Waals surface area (Å²) in [6.45, 7) is 12.4. The maximum absolute atomic E-state index is 14.1. The highest BCUT2D eigenvalue weighted by molar-refractivity contribution is 7.89. The maximum Gasteiger partial charge on any atom is 0.323 e. The molecule has 0 amide bonds. The minimum atomic E-state index is -3.77. The van der Waals surface area contributed by atoms with Crippen LogP contribution in [0.5, 0.6) is 5.75 Å². The van der Waals surface area contributed by atoms with Crippen molar-refractivity contribution in [2.75, 3.05) is 19.7 Å². The lowest BCUT2D eigenvalue weighted by atomic mass is 9.61. The number of piperidine rings is 1. The monoisotopic (exact) mass is 530 g/mol. The second kappa shape index (κ2) is 10.2. The first-order valence-electron chi connectivity index (χ1n) is 13.8. The van der Waals surface area contributed by atoms with E-state index >= 15 is 0 Å². The maximum atomic E-state index is 14.1. The van der Waals surface area contributed by atoms with Crippen molar-refractivity contribution in [2.45, 2.75) is 103 Å². The van der Waals surface area contributed by atoms with Crippen LogP contribution in [0, 0.1) is 49.4 Å². The summed E-state index contributed by atoms with van der Waals surface area (Å²) >= 11 is 0. The fraction of sp³-hybridized carbons (Fsp3) is 0.724. The largest absolute Gasteiger partial charge is 0.487 e. The Kier molecular flexibility index (Phi) is 7.71. The summed E-state index contributed by atoms with van der Waals surface area (Å²) in [7, 11) is -3.77. The molecule has 1 aliphatic carbocycles. The van der Waals surface area contributed by atoms with E-state index in [0.717, 1.165) is 66.5 Å². The van der Waals surface area contributed by atoms with Crippen LogP contribution in [-0.2, 0) is 26.0 Å². The standard InChI is InChI=1S/C29H42N2O5S/c1-7-35-27(32)24(18-30)29(22-10-8-9-11-22)14-16-31(17-15-29)37(33,34)26-20(3)19(2)25-23(21(26)4)12-13-28(5,6)36-25/h22,24H,7-17H2,1-6H3. The van der Waals surface area contributed by atoms with Crippen LogP contribution in [0.1, 0.15) is 88.0 Å². The molecule has 204 valence electrons. The number of fused-ring (bicyclic) bond motifs is 1. The van der Waals surface area contributed by atoms with Gasteiger partial charge in [0.25, 0.3) is 0 Å². The first-order valence-corrected chi connectivity index (χ1v) is 15.2. The molecule has 1 atom stereocenters. The predicted octanol–water partition coefficient (Wildman–Crippen LogP) is 5.38. The lowest BCUT2D eigenvalue weighted by molar-refractivity contribution is -0.153. The van der Waals surface area contributed by atoms with Gasteiger partial charge in [0, 0.05) is 18.5 Å². The van der Waals surface area contributed by atoms with Gasteiger partial charge in [-0.05, 0) is 108 Å². The number of hydrogen-bond acceptors (Lipinski definition) is 6. The highest BCUT2D eigenvalue weighted by Crippen LogP contribution is 2.53. The van der Waals surface area contributed by atoms with Gasteiger partial charge in [-0.1, -0.05) is 12.8 Å². The van der Waals surface area contributed by atoms with Gasteiger partial charge in [0.2, 0.25) is 10.0 Å². The zero-order valence-corrected chi connectivity index (χ0v) is 24.1. The third-order valence-corrected chi connectivity index (χ3v) is 11.5. The molecule has 7 nitrogen and oxygen atoms in total. The molecule has 1 saturated heterocycles. The first kappa shape index (κ1) is 27.9. The van der Waals surface area contributed by atoms with Crippen LogP contribution in [-0.4, -0.2) is 44.0 Å². The van der Waals surface area contributed by atoms with Crippen LogP contribution in [0.4, 0.5) is 0 Å². The number of rotatable bonds is 6. The van der Waals surface area contributed by atoms with Gasteiger partial charge >= 0.3 is 5.97 Å². The third kappa shape index (κ3) is 4.78. The Labute approximate surface area is 222 Å². The summed E-state index contributed by atoms with van der Waals surface area (Å²) in [5, 5.41) is 10.1. The van der Waals surface area contributed by atoms with Gasteiger partial charge < -0.3 is 9.47 Å². The van der Waals surface area contributed by atoms with Gasteiger partial charge in [-0.15, -0.1) is 0 Å². The van der Waals surface area contributed by atoms with Gasteiger partial charge in [0.05, 0.1) is 17.6 Å². The summed E-state index contributed by atoms with van der Waals surface area (Å²) in [6, 6.07) is 2.27. The van der Waals surface area contributed by atoms with Gasteiger partial charge in [0.1, 0.15) is 17.3 Å². The summed E-state index contributed by atoms with van der Waals surface area (Å²) < 4.78 is 41.4. The van der Waals surface area contributed by atoms with Crippen LogP contribution in [0.15, 0.2) is 4.90 Å². The van der Waals surface area contributed by atoms with Crippen LogP contribution in [0.2, 0.25) is 0 Å². The average molecular weight is 531 g/mol. The van der Waals surface area contributed by atoms with E-state index in [1.54, 1.807) is 11.2 Å². The van der Waals surface area contributed by atoms with E-state index in [0.29, 0.717) is 30.8 Å². The van der Waals surface area contributed by atoms with Crippen molar-refractivity contribution in [3.63, 3.8) is 0 Å². The summed E-state index contributed by atoms with van der Waals surface area (Å²) in [4.78, 5) is 13.2. The number of esters is 1. The fourth-order valence-electron chi connectivity index (χ4n) is 7.08. The zero-order valence-electron chi connectivity index (χ0n) is 23.3. The molecule has 0 radical (unpaired) electrons. The van der Waals surface area contributed by atoms with E-state index < -0.39 is 27.3 Å². The summed E-state index contributed by atoms with van der Waals surface area (Å²) in [5.74, 6) is -0.264. The SMILES string of the molecule is CCOC(=O)C(C#N)C1(C2CCCC2)CCN(S(=O)(=O)c2c(C)c(C)c3c(c2C)CCC(C)(C)O3)CC1. The molecule has 0 N–H and O–H groups in total. The van der Waals surface area contributed by atoms with E-state index in [1.165, 1.54) is 0 Å². The number of ether oxygens (including phenoxy) is 2. The highest BCUT2D eigenvalue weighted by Gasteiger charge is 2.53. The zero-order chi connectivity index (χ0) is 27.2. The van der Waals surface area contributed by atoms with Crippen molar-refractivity contribution < 1.29 is 22.7 Å². The minimum absolute atomic E-state index is 0.232. The minimum Gasteiger partial charge on any atom is -0.487 e. The summed E-state index contributed by atoms with van der Waals surface area (Å²) in [5.41, 5.74) is 2.58. The number of benzene rings is 1. The molecule has 3 aliphatic rings.